The number of fused-ring (bicyclic) bond motifs is 2. The molecule has 1 aromatic carbocycles. The molecule has 3 fully saturated rings. The van der Waals surface area contributed by atoms with Crippen molar-refractivity contribution >= 4 is 23.6 Å². The van der Waals surface area contributed by atoms with Gasteiger partial charge in [0.25, 0.3) is 5.91 Å². The van der Waals surface area contributed by atoms with Crippen molar-refractivity contribution in [3.05, 3.63) is 53.4 Å². The number of hydrogen-bond acceptors (Lipinski definition) is 6. The van der Waals surface area contributed by atoms with Crippen LogP contribution in [0.4, 0.5) is 0 Å². The first-order valence-electron chi connectivity index (χ1n) is 15.0. The quantitative estimate of drug-likeness (QED) is 0.451. The molecule has 1 unspecified atom stereocenters. The van der Waals surface area contributed by atoms with E-state index in [4.69, 9.17) is 10.3 Å². The third-order valence-electron chi connectivity index (χ3n) is 10.2. The van der Waals surface area contributed by atoms with Gasteiger partial charge in [0.15, 0.2) is 0 Å². The number of carbonyl (C=O) groups is 4. The van der Waals surface area contributed by atoms with Crippen molar-refractivity contribution in [1.82, 2.24) is 20.7 Å². The van der Waals surface area contributed by atoms with Crippen molar-refractivity contribution in [3.8, 4) is 0 Å². The topological polar surface area (TPSA) is 148 Å². The van der Waals surface area contributed by atoms with Crippen molar-refractivity contribution in [2.75, 3.05) is 13.1 Å². The van der Waals surface area contributed by atoms with E-state index in [1.54, 1.807) is 4.90 Å². The number of rotatable bonds is 8. The Bertz CT molecular complexity index is 1310. The average Bonchev–Trinajstić information content (AvgIpc) is 3.31. The molecule has 41 heavy (non-hydrogen) atoms. The predicted octanol–water partition coefficient (Wildman–Crippen LogP) is 2.61. The Balaban J connectivity index is 1.16. The highest BCUT2D eigenvalue weighted by molar-refractivity contribution is 5.98. The van der Waals surface area contributed by atoms with Gasteiger partial charge in [0, 0.05) is 19.2 Å². The van der Waals surface area contributed by atoms with Gasteiger partial charge in [-0.3, -0.25) is 19.2 Å². The SMILES string of the molecule is NC(=O)C[C@H](NC(=O)[C@@H](NC(=O)c1ccno1)C1CC12CCCCC2)C(=O)N1CCC2(CCc3ccccc32)CC1. The first kappa shape index (κ1) is 27.5. The second-order valence-electron chi connectivity index (χ2n) is 12.6. The number of aromatic nitrogens is 1. The van der Waals surface area contributed by atoms with Crippen LogP contribution < -0.4 is 16.4 Å². The normalized spacial score (nSPS) is 23.4. The van der Waals surface area contributed by atoms with Crippen LogP contribution in [-0.2, 0) is 26.2 Å². The number of primary amides is 1. The van der Waals surface area contributed by atoms with Crippen LogP contribution >= 0.6 is 0 Å². The third-order valence-corrected chi connectivity index (χ3v) is 10.2. The fraction of sp³-hybridized carbons (Fsp3) is 0.581. The van der Waals surface area contributed by atoms with Crippen LogP contribution in [-0.4, -0.2) is 58.9 Å². The van der Waals surface area contributed by atoms with Gasteiger partial charge in [0.05, 0.1) is 12.6 Å². The van der Waals surface area contributed by atoms with Gasteiger partial charge >= 0.3 is 0 Å². The Hall–Kier alpha value is -3.69. The summed E-state index contributed by atoms with van der Waals surface area (Å²) in [4.78, 5) is 54.2. The summed E-state index contributed by atoms with van der Waals surface area (Å²) >= 11 is 0. The van der Waals surface area contributed by atoms with E-state index < -0.39 is 29.8 Å². The molecule has 1 aliphatic heterocycles. The van der Waals surface area contributed by atoms with Gasteiger partial charge in [0.1, 0.15) is 12.1 Å². The number of nitrogens with two attached hydrogens (primary N) is 1. The van der Waals surface area contributed by atoms with Crippen LogP contribution in [0.5, 0.6) is 0 Å². The Morgan fingerprint density at radius 3 is 2.46 bits per heavy atom. The number of likely N-dealkylation sites (tertiary alicyclic amines) is 1. The van der Waals surface area contributed by atoms with Crippen LogP contribution in [0.1, 0.15) is 85.9 Å². The Morgan fingerprint density at radius 2 is 1.76 bits per heavy atom. The summed E-state index contributed by atoms with van der Waals surface area (Å²) in [6, 6.07) is 8.06. The molecule has 6 rings (SSSR count). The largest absolute Gasteiger partial charge is 0.370 e. The van der Waals surface area contributed by atoms with Crippen molar-refractivity contribution in [3.63, 3.8) is 0 Å². The lowest BCUT2D eigenvalue weighted by Crippen LogP contribution is -2.57. The van der Waals surface area contributed by atoms with Crippen LogP contribution in [0.3, 0.4) is 0 Å². The lowest BCUT2D eigenvalue weighted by atomic mass is 9.74. The van der Waals surface area contributed by atoms with Crippen molar-refractivity contribution in [2.45, 2.75) is 88.1 Å². The van der Waals surface area contributed by atoms with Gasteiger partial charge < -0.3 is 25.8 Å². The number of nitrogens with zero attached hydrogens (tertiary/aromatic N) is 2. The van der Waals surface area contributed by atoms with E-state index in [2.05, 4.69) is 40.1 Å². The number of piperidine rings is 1. The van der Waals surface area contributed by atoms with Crippen molar-refractivity contribution in [2.24, 2.45) is 17.1 Å². The van der Waals surface area contributed by atoms with Gasteiger partial charge in [0.2, 0.25) is 23.5 Å². The van der Waals surface area contributed by atoms with E-state index in [-0.39, 0.29) is 34.8 Å². The molecule has 2 heterocycles. The predicted molar refractivity (Wildman–Crippen MR) is 149 cm³/mol. The zero-order valence-corrected chi connectivity index (χ0v) is 23.4. The molecule has 4 aliphatic rings. The highest BCUT2D eigenvalue weighted by Gasteiger charge is 2.59. The summed E-state index contributed by atoms with van der Waals surface area (Å²) in [6.07, 6.45) is 11.1. The van der Waals surface area contributed by atoms with E-state index in [1.165, 1.54) is 29.8 Å². The van der Waals surface area contributed by atoms with E-state index in [1.807, 2.05) is 0 Å². The Kier molecular flexibility index (Phi) is 7.34. The molecule has 4 amide bonds. The minimum atomic E-state index is -1.09. The monoisotopic (exact) mass is 561 g/mol. The molecule has 0 radical (unpaired) electrons. The lowest BCUT2D eigenvalue weighted by Gasteiger charge is -2.41. The molecular formula is C31H39N5O5. The molecule has 2 spiro atoms. The van der Waals surface area contributed by atoms with Gasteiger partial charge in [-0.1, -0.05) is 48.7 Å². The minimum absolute atomic E-state index is 0.0154. The maximum atomic E-state index is 13.8. The summed E-state index contributed by atoms with van der Waals surface area (Å²) in [7, 11) is 0. The molecule has 0 bridgehead atoms. The summed E-state index contributed by atoms with van der Waals surface area (Å²) in [5, 5.41) is 9.27. The first-order valence-corrected chi connectivity index (χ1v) is 15.0. The number of benzene rings is 1. The zero-order valence-electron chi connectivity index (χ0n) is 23.4. The molecule has 10 heteroatoms. The molecule has 1 aromatic heterocycles. The molecule has 1 saturated heterocycles. The number of carbonyl (C=O) groups excluding carboxylic acids is 4. The molecule has 2 saturated carbocycles. The summed E-state index contributed by atoms with van der Waals surface area (Å²) in [5.41, 5.74) is 8.42. The fourth-order valence-electron chi connectivity index (χ4n) is 7.90. The Morgan fingerprint density at radius 1 is 1.00 bits per heavy atom. The maximum absolute atomic E-state index is 13.8. The van der Waals surface area contributed by atoms with Crippen LogP contribution in [0.2, 0.25) is 0 Å². The average molecular weight is 562 g/mol. The van der Waals surface area contributed by atoms with Crippen LogP contribution in [0.25, 0.3) is 0 Å². The number of hydrogen-bond donors (Lipinski definition) is 3. The van der Waals surface area contributed by atoms with E-state index in [0.29, 0.717) is 13.1 Å². The highest BCUT2D eigenvalue weighted by atomic mass is 16.5. The first-order chi connectivity index (χ1) is 19.8. The minimum Gasteiger partial charge on any atom is -0.370 e. The summed E-state index contributed by atoms with van der Waals surface area (Å²) in [6.45, 7) is 1.10. The summed E-state index contributed by atoms with van der Waals surface area (Å²) < 4.78 is 5.01. The third kappa shape index (κ3) is 5.36. The second-order valence-corrected chi connectivity index (χ2v) is 12.6. The molecule has 2 aromatic rings. The van der Waals surface area contributed by atoms with Gasteiger partial charge in [-0.05, 0) is 72.8 Å². The van der Waals surface area contributed by atoms with Crippen LogP contribution in [0.15, 0.2) is 41.1 Å². The summed E-state index contributed by atoms with van der Waals surface area (Å²) in [5.74, 6) is -2.00. The van der Waals surface area contributed by atoms with Gasteiger partial charge in [-0.2, -0.15) is 0 Å². The standard InChI is InChI=1S/C31H39N5O5/c32-25(37)18-23(29(40)36-16-13-30(14-17-36)12-8-20-6-2-3-7-21(20)30)34-28(39)26(35-27(38)24-9-15-33-41-24)22-19-31(22)10-4-1-5-11-31/h2-3,6-7,9,15,22-23,26H,1,4-5,8,10-14,16-19H2,(H2,32,37)(H,34,39)(H,35,38)/t22?,23-,26-/m0/s1. The van der Waals surface area contributed by atoms with E-state index in [9.17, 15) is 19.2 Å². The zero-order chi connectivity index (χ0) is 28.6. The number of nitrogens with one attached hydrogen (secondary N) is 2. The second kappa shape index (κ2) is 10.9. The number of amides is 4. The number of aryl methyl sites for hydroxylation is 1. The van der Waals surface area contributed by atoms with E-state index in [0.717, 1.165) is 57.8 Å². The van der Waals surface area contributed by atoms with Crippen molar-refractivity contribution < 1.29 is 23.7 Å². The molecule has 10 nitrogen and oxygen atoms in total. The van der Waals surface area contributed by atoms with Gasteiger partial charge in [-0.15, -0.1) is 0 Å². The lowest BCUT2D eigenvalue weighted by molar-refractivity contribution is -0.140. The van der Waals surface area contributed by atoms with Gasteiger partial charge in [-0.25, -0.2) is 0 Å². The molecule has 3 aliphatic carbocycles. The molecule has 218 valence electrons. The fourth-order valence-corrected chi connectivity index (χ4v) is 7.90. The van der Waals surface area contributed by atoms with Crippen molar-refractivity contribution in [1.29, 1.82) is 0 Å². The molecular weight excluding hydrogens is 522 g/mol. The maximum Gasteiger partial charge on any atom is 0.290 e. The molecule has 3 atom stereocenters. The Labute approximate surface area is 239 Å². The van der Waals surface area contributed by atoms with Crippen LogP contribution in [0, 0.1) is 11.3 Å². The highest BCUT2D eigenvalue weighted by Crippen LogP contribution is 2.62. The molecule has 4 N–H and O–H groups in total. The van der Waals surface area contributed by atoms with E-state index >= 15 is 0 Å². The smallest absolute Gasteiger partial charge is 0.290 e.